The predicted molar refractivity (Wildman–Crippen MR) is 112 cm³/mol. The lowest BCUT2D eigenvalue weighted by atomic mass is 10.2. The first-order chi connectivity index (χ1) is 14.9. The van der Waals surface area contributed by atoms with Crippen LogP contribution < -0.4 is 20.7 Å². The van der Waals surface area contributed by atoms with Crippen molar-refractivity contribution in [2.75, 3.05) is 18.0 Å². The number of anilines is 1. The monoisotopic (exact) mass is 426 g/mol. The Labute approximate surface area is 178 Å². The van der Waals surface area contributed by atoms with Crippen LogP contribution in [0.3, 0.4) is 0 Å². The molecule has 11 heteroatoms. The molecule has 0 spiro atoms. The summed E-state index contributed by atoms with van der Waals surface area (Å²) in [5, 5.41) is 14.4. The maximum absolute atomic E-state index is 12.5. The number of amides is 2. The van der Waals surface area contributed by atoms with Gasteiger partial charge in [0.2, 0.25) is 17.6 Å². The average Bonchev–Trinajstić information content (AvgIpc) is 3.23. The number of primary amides is 1. The Morgan fingerprint density at radius 3 is 2.87 bits per heavy atom. The third kappa shape index (κ3) is 4.94. The highest BCUT2D eigenvalue weighted by Gasteiger charge is 2.38. The van der Waals surface area contributed by atoms with Crippen molar-refractivity contribution in [1.29, 1.82) is 0 Å². The molecule has 0 radical (unpaired) electrons. The number of hydrogen-bond donors (Lipinski definition) is 2. The first kappa shape index (κ1) is 21.7. The third-order valence-corrected chi connectivity index (χ3v) is 4.69. The second-order valence-electron chi connectivity index (χ2n) is 6.78. The largest absolute Gasteiger partial charge is 0.433 e. The summed E-state index contributed by atoms with van der Waals surface area (Å²) in [6, 6.07) is 6.33. The zero-order valence-electron chi connectivity index (χ0n) is 16.9. The molecule has 0 saturated carbocycles. The number of para-hydroxylation sites is 1. The van der Waals surface area contributed by atoms with Crippen LogP contribution in [0.4, 0.5) is 11.5 Å². The lowest BCUT2D eigenvalue weighted by molar-refractivity contribution is -0.385. The number of ether oxygens (including phenoxy) is 1. The maximum atomic E-state index is 12.5. The fourth-order valence-electron chi connectivity index (χ4n) is 3.38. The van der Waals surface area contributed by atoms with E-state index in [4.69, 9.17) is 10.5 Å². The number of carbonyl (C=O) groups is 2. The summed E-state index contributed by atoms with van der Waals surface area (Å²) >= 11 is 0. The highest BCUT2D eigenvalue weighted by molar-refractivity contribution is 5.89. The molecule has 11 nitrogen and oxygen atoms in total. The number of nitrogens with zero attached hydrogens (tertiary/aromatic N) is 4. The van der Waals surface area contributed by atoms with Gasteiger partial charge in [-0.3, -0.25) is 19.7 Å². The van der Waals surface area contributed by atoms with E-state index in [1.165, 1.54) is 4.90 Å². The van der Waals surface area contributed by atoms with E-state index in [-0.39, 0.29) is 18.2 Å². The van der Waals surface area contributed by atoms with Crippen LogP contribution in [-0.4, -0.2) is 45.8 Å². The van der Waals surface area contributed by atoms with Gasteiger partial charge in [-0.2, -0.15) is 4.98 Å². The number of benzene rings is 1. The van der Waals surface area contributed by atoms with Crippen molar-refractivity contribution in [3.8, 4) is 11.6 Å². The smallest absolute Gasteiger partial charge is 0.373 e. The van der Waals surface area contributed by atoms with Crippen LogP contribution in [0.2, 0.25) is 0 Å². The molecular formula is C20H22N6O5. The summed E-state index contributed by atoms with van der Waals surface area (Å²) in [6.07, 6.45) is 5.86. The lowest BCUT2D eigenvalue weighted by Gasteiger charge is -2.24. The van der Waals surface area contributed by atoms with E-state index in [0.717, 1.165) is 11.9 Å². The molecule has 1 aliphatic heterocycles. The van der Waals surface area contributed by atoms with Gasteiger partial charge in [-0.05, 0) is 25.8 Å². The maximum Gasteiger partial charge on any atom is 0.373 e. The quantitative estimate of drug-likeness (QED) is 0.478. The van der Waals surface area contributed by atoms with E-state index in [2.05, 4.69) is 15.3 Å². The van der Waals surface area contributed by atoms with Crippen LogP contribution in [0, 0.1) is 10.1 Å². The molecule has 2 amide bonds. The van der Waals surface area contributed by atoms with Crippen LogP contribution in [0.25, 0.3) is 6.08 Å². The lowest BCUT2D eigenvalue weighted by Crippen LogP contribution is -2.46. The normalized spacial score (nSPS) is 15.8. The first-order valence-corrected chi connectivity index (χ1v) is 9.64. The molecule has 1 atom stereocenters. The van der Waals surface area contributed by atoms with Crippen LogP contribution in [0.15, 0.2) is 36.7 Å². The summed E-state index contributed by atoms with van der Waals surface area (Å²) < 4.78 is 5.80. The molecule has 31 heavy (non-hydrogen) atoms. The van der Waals surface area contributed by atoms with Gasteiger partial charge in [0.05, 0.1) is 11.5 Å². The van der Waals surface area contributed by atoms with Gasteiger partial charge in [-0.15, -0.1) is 0 Å². The SMILES string of the molecule is C/C=C/c1ccccc1Oc1ncnc(N2CCCC2C(=O)NCC(N)=O)c1[N+](=O)[O-]. The molecule has 2 heterocycles. The van der Waals surface area contributed by atoms with Gasteiger partial charge in [0, 0.05) is 12.1 Å². The van der Waals surface area contributed by atoms with Crippen LogP contribution in [0.1, 0.15) is 25.3 Å². The molecular weight excluding hydrogens is 404 g/mol. The molecule has 2 aromatic rings. The standard InChI is InChI=1S/C20H22N6O5/c1-2-6-13-7-3-4-9-15(13)31-20-17(26(29)30)18(23-12-24-20)25-10-5-8-14(25)19(28)22-11-16(21)27/h2-4,6-7,9,12,14H,5,8,10-11H2,1H3,(H2,21,27)(H,22,28)/b6-2+. The van der Waals surface area contributed by atoms with Crippen molar-refractivity contribution in [2.45, 2.75) is 25.8 Å². The molecule has 3 N–H and O–H groups in total. The van der Waals surface area contributed by atoms with Crippen LogP contribution >= 0.6 is 0 Å². The van der Waals surface area contributed by atoms with Gasteiger partial charge in [0.15, 0.2) is 0 Å². The van der Waals surface area contributed by atoms with Crippen molar-refractivity contribution in [2.24, 2.45) is 5.73 Å². The summed E-state index contributed by atoms with van der Waals surface area (Å²) in [6.45, 7) is 1.91. The van der Waals surface area contributed by atoms with E-state index < -0.39 is 28.5 Å². The van der Waals surface area contributed by atoms with Crippen molar-refractivity contribution in [3.63, 3.8) is 0 Å². The van der Waals surface area contributed by atoms with E-state index in [1.54, 1.807) is 12.1 Å². The molecule has 3 rings (SSSR count). The van der Waals surface area contributed by atoms with Crippen molar-refractivity contribution in [1.82, 2.24) is 15.3 Å². The van der Waals surface area contributed by atoms with Gasteiger partial charge in [-0.1, -0.05) is 30.4 Å². The predicted octanol–water partition coefficient (Wildman–Crippen LogP) is 1.78. The number of nitro groups is 1. The topological polar surface area (TPSA) is 154 Å². The van der Waals surface area contributed by atoms with Crippen LogP contribution in [-0.2, 0) is 9.59 Å². The minimum atomic E-state index is -0.726. The Morgan fingerprint density at radius 2 is 2.16 bits per heavy atom. The second kappa shape index (κ2) is 9.65. The van der Waals surface area contributed by atoms with Gasteiger partial charge in [-0.25, -0.2) is 4.98 Å². The van der Waals surface area contributed by atoms with Gasteiger partial charge >= 0.3 is 11.6 Å². The van der Waals surface area contributed by atoms with Crippen molar-refractivity contribution >= 4 is 29.4 Å². The molecule has 1 aromatic carbocycles. The Bertz CT molecular complexity index is 1020. The van der Waals surface area contributed by atoms with Gasteiger partial charge in [0.25, 0.3) is 0 Å². The van der Waals surface area contributed by atoms with E-state index in [0.29, 0.717) is 25.1 Å². The zero-order valence-corrected chi connectivity index (χ0v) is 16.9. The zero-order chi connectivity index (χ0) is 22.4. The summed E-state index contributed by atoms with van der Waals surface area (Å²) in [5.74, 6) is -0.984. The highest BCUT2D eigenvalue weighted by atomic mass is 16.6. The molecule has 1 saturated heterocycles. The Balaban J connectivity index is 1.96. The number of nitrogens with two attached hydrogens (primary N) is 1. The van der Waals surface area contributed by atoms with E-state index in [1.807, 2.05) is 31.2 Å². The van der Waals surface area contributed by atoms with Gasteiger partial charge in [0.1, 0.15) is 18.1 Å². The summed E-state index contributed by atoms with van der Waals surface area (Å²) in [4.78, 5) is 44.3. The van der Waals surface area contributed by atoms with Crippen LogP contribution in [0.5, 0.6) is 11.6 Å². The fraction of sp³-hybridized carbons (Fsp3) is 0.300. The molecule has 162 valence electrons. The molecule has 0 aliphatic carbocycles. The molecule has 1 aromatic heterocycles. The summed E-state index contributed by atoms with van der Waals surface area (Å²) in [7, 11) is 0. The molecule has 1 aliphatic rings. The number of allylic oxidation sites excluding steroid dienone is 1. The minimum Gasteiger partial charge on any atom is -0.433 e. The average molecular weight is 426 g/mol. The molecule has 0 bridgehead atoms. The number of hydrogen-bond acceptors (Lipinski definition) is 8. The summed E-state index contributed by atoms with van der Waals surface area (Å²) in [5.41, 5.74) is 5.37. The fourth-order valence-corrected chi connectivity index (χ4v) is 3.38. The number of rotatable bonds is 8. The number of aromatic nitrogens is 2. The minimum absolute atomic E-state index is 0.0183. The van der Waals surface area contributed by atoms with E-state index >= 15 is 0 Å². The molecule has 1 fully saturated rings. The Kier molecular flexibility index (Phi) is 6.75. The third-order valence-electron chi connectivity index (χ3n) is 4.69. The Hall–Kier alpha value is -4.02. The number of carbonyl (C=O) groups excluding carboxylic acids is 2. The second-order valence-corrected chi connectivity index (χ2v) is 6.78. The van der Waals surface area contributed by atoms with Crippen molar-refractivity contribution < 1.29 is 19.2 Å². The molecule has 1 unspecified atom stereocenters. The van der Waals surface area contributed by atoms with Gasteiger partial charge < -0.3 is 20.7 Å². The van der Waals surface area contributed by atoms with E-state index in [9.17, 15) is 19.7 Å². The highest BCUT2D eigenvalue weighted by Crippen LogP contribution is 2.39. The number of nitrogens with one attached hydrogen (secondary N) is 1. The Morgan fingerprint density at radius 1 is 1.39 bits per heavy atom. The van der Waals surface area contributed by atoms with Crippen molar-refractivity contribution in [3.05, 3.63) is 52.3 Å². The first-order valence-electron chi connectivity index (χ1n) is 9.64.